The first-order chi connectivity index (χ1) is 7.24. The van der Waals surface area contributed by atoms with E-state index in [2.05, 4.69) is 5.32 Å². The first-order valence-electron chi connectivity index (χ1n) is 5.41. The Morgan fingerprint density at radius 3 is 2.25 bits per heavy atom. The van der Waals surface area contributed by atoms with E-state index >= 15 is 0 Å². The first kappa shape index (κ1) is 14.7. The molecule has 0 saturated carbocycles. The van der Waals surface area contributed by atoms with Crippen molar-refractivity contribution < 1.29 is 14.3 Å². The minimum absolute atomic E-state index is 0.0113. The van der Waals surface area contributed by atoms with Crippen LogP contribution in [0.1, 0.15) is 41.0 Å². The fourth-order valence-electron chi connectivity index (χ4n) is 1.07. The fourth-order valence-corrected chi connectivity index (χ4v) is 1.07. The average Bonchev–Trinajstić information content (AvgIpc) is 2.08. The Hall–Kier alpha value is -1.32. The molecule has 4 heteroatoms. The van der Waals surface area contributed by atoms with E-state index in [1.54, 1.807) is 20.8 Å². The highest BCUT2D eigenvalue weighted by molar-refractivity contribution is 5.88. The first-order valence-corrected chi connectivity index (χ1v) is 5.41. The second-order valence-corrected chi connectivity index (χ2v) is 4.62. The standard InChI is InChI=1S/C12H21NO3/c1-6-10(7-9(2)14)8-13-11(15)16-12(3,4)5/h7H,6,8H2,1-5H3,(H,13,15)/b10-7+. The van der Waals surface area contributed by atoms with Gasteiger partial charge in [-0.05, 0) is 45.8 Å². The van der Waals surface area contributed by atoms with Gasteiger partial charge in [0.15, 0.2) is 5.78 Å². The van der Waals surface area contributed by atoms with Crippen LogP contribution in [0.25, 0.3) is 0 Å². The number of ether oxygens (including phenoxy) is 1. The summed E-state index contributed by atoms with van der Waals surface area (Å²) < 4.78 is 5.08. The molecule has 0 bridgehead atoms. The van der Waals surface area contributed by atoms with Crippen LogP contribution < -0.4 is 5.32 Å². The van der Waals surface area contributed by atoms with Gasteiger partial charge in [0, 0.05) is 6.54 Å². The largest absolute Gasteiger partial charge is 0.444 e. The summed E-state index contributed by atoms with van der Waals surface area (Å²) in [5, 5.41) is 2.61. The van der Waals surface area contributed by atoms with E-state index in [0.29, 0.717) is 6.54 Å². The highest BCUT2D eigenvalue weighted by Crippen LogP contribution is 2.07. The molecule has 0 fully saturated rings. The summed E-state index contributed by atoms with van der Waals surface area (Å²) in [4.78, 5) is 22.2. The molecule has 16 heavy (non-hydrogen) atoms. The van der Waals surface area contributed by atoms with Gasteiger partial charge in [0.1, 0.15) is 5.60 Å². The van der Waals surface area contributed by atoms with Crippen LogP contribution in [0, 0.1) is 0 Å². The van der Waals surface area contributed by atoms with Crippen LogP contribution in [0.15, 0.2) is 11.6 Å². The number of hydrogen-bond acceptors (Lipinski definition) is 3. The molecule has 0 aromatic carbocycles. The van der Waals surface area contributed by atoms with Gasteiger partial charge in [-0.15, -0.1) is 0 Å². The molecular formula is C12H21NO3. The lowest BCUT2D eigenvalue weighted by Gasteiger charge is -2.19. The summed E-state index contributed by atoms with van der Waals surface area (Å²) in [5.74, 6) is -0.0113. The Kier molecular flexibility index (Phi) is 5.78. The summed E-state index contributed by atoms with van der Waals surface area (Å²) >= 11 is 0. The van der Waals surface area contributed by atoms with Gasteiger partial charge in [0.2, 0.25) is 0 Å². The van der Waals surface area contributed by atoms with Crippen LogP contribution in [0.4, 0.5) is 4.79 Å². The van der Waals surface area contributed by atoms with Crippen LogP contribution in [0.3, 0.4) is 0 Å². The van der Waals surface area contributed by atoms with Gasteiger partial charge in [0.25, 0.3) is 0 Å². The average molecular weight is 227 g/mol. The molecule has 1 N–H and O–H groups in total. The lowest BCUT2D eigenvalue weighted by molar-refractivity contribution is -0.112. The molecule has 0 aromatic heterocycles. The van der Waals surface area contributed by atoms with E-state index in [4.69, 9.17) is 4.74 Å². The summed E-state index contributed by atoms with van der Waals surface area (Å²) in [7, 11) is 0. The number of rotatable bonds is 4. The predicted molar refractivity (Wildman–Crippen MR) is 63.3 cm³/mol. The van der Waals surface area contributed by atoms with Gasteiger partial charge >= 0.3 is 6.09 Å². The van der Waals surface area contributed by atoms with Crippen molar-refractivity contribution in [3.63, 3.8) is 0 Å². The van der Waals surface area contributed by atoms with Crippen molar-refractivity contribution in [1.29, 1.82) is 0 Å². The van der Waals surface area contributed by atoms with Gasteiger partial charge in [-0.3, -0.25) is 4.79 Å². The van der Waals surface area contributed by atoms with Crippen molar-refractivity contribution in [3.05, 3.63) is 11.6 Å². The minimum Gasteiger partial charge on any atom is -0.444 e. The zero-order valence-corrected chi connectivity index (χ0v) is 10.7. The number of alkyl carbamates (subject to hydrolysis) is 1. The Labute approximate surface area is 97.1 Å². The Morgan fingerprint density at radius 2 is 1.88 bits per heavy atom. The van der Waals surface area contributed by atoms with Gasteiger partial charge in [-0.1, -0.05) is 6.92 Å². The SMILES string of the molecule is CC/C(=C\C(C)=O)CNC(=O)OC(C)(C)C. The van der Waals surface area contributed by atoms with E-state index in [0.717, 1.165) is 12.0 Å². The summed E-state index contributed by atoms with van der Waals surface area (Å²) in [6.45, 7) is 9.19. The highest BCUT2D eigenvalue weighted by Gasteiger charge is 2.15. The number of amides is 1. The molecule has 0 atom stereocenters. The van der Waals surface area contributed by atoms with Crippen LogP contribution in [0.5, 0.6) is 0 Å². The number of hydrogen-bond donors (Lipinski definition) is 1. The molecule has 92 valence electrons. The number of carbonyl (C=O) groups excluding carboxylic acids is 2. The number of carbonyl (C=O) groups is 2. The topological polar surface area (TPSA) is 55.4 Å². The zero-order chi connectivity index (χ0) is 12.8. The Balaban J connectivity index is 4.13. The fraction of sp³-hybridized carbons (Fsp3) is 0.667. The lowest BCUT2D eigenvalue weighted by atomic mass is 10.1. The molecule has 1 amide bonds. The van der Waals surface area contributed by atoms with Crippen molar-refractivity contribution in [2.24, 2.45) is 0 Å². The third-order valence-corrected chi connectivity index (χ3v) is 1.72. The molecule has 0 aliphatic rings. The molecule has 0 rings (SSSR count). The maximum absolute atomic E-state index is 11.3. The lowest BCUT2D eigenvalue weighted by Crippen LogP contribution is -2.33. The molecule has 0 unspecified atom stereocenters. The Bertz CT molecular complexity index is 287. The monoisotopic (exact) mass is 227 g/mol. The number of ketones is 1. The molecule has 0 aliphatic heterocycles. The zero-order valence-electron chi connectivity index (χ0n) is 10.7. The Morgan fingerprint density at radius 1 is 1.31 bits per heavy atom. The van der Waals surface area contributed by atoms with Crippen molar-refractivity contribution in [3.8, 4) is 0 Å². The molecule has 0 aliphatic carbocycles. The van der Waals surface area contributed by atoms with E-state index < -0.39 is 11.7 Å². The van der Waals surface area contributed by atoms with Crippen LogP contribution in [-0.2, 0) is 9.53 Å². The summed E-state index contributed by atoms with van der Waals surface area (Å²) in [5.41, 5.74) is 0.388. The maximum Gasteiger partial charge on any atom is 0.407 e. The second kappa shape index (κ2) is 6.30. The van der Waals surface area contributed by atoms with Crippen LogP contribution in [-0.4, -0.2) is 24.0 Å². The molecule has 0 heterocycles. The van der Waals surface area contributed by atoms with Crippen molar-refractivity contribution in [2.75, 3.05) is 6.54 Å². The van der Waals surface area contributed by atoms with Gasteiger partial charge < -0.3 is 10.1 Å². The van der Waals surface area contributed by atoms with E-state index in [-0.39, 0.29) is 5.78 Å². The highest BCUT2D eigenvalue weighted by atomic mass is 16.6. The van der Waals surface area contributed by atoms with Crippen LogP contribution in [0.2, 0.25) is 0 Å². The van der Waals surface area contributed by atoms with E-state index in [9.17, 15) is 9.59 Å². The van der Waals surface area contributed by atoms with Crippen molar-refractivity contribution >= 4 is 11.9 Å². The third kappa shape index (κ3) is 8.03. The number of nitrogens with one attached hydrogen (secondary N) is 1. The predicted octanol–water partition coefficient (Wildman–Crippen LogP) is 2.44. The maximum atomic E-state index is 11.3. The molecule has 0 saturated heterocycles. The van der Waals surface area contributed by atoms with Gasteiger partial charge in [-0.2, -0.15) is 0 Å². The quantitative estimate of drug-likeness (QED) is 0.750. The molecule has 0 aromatic rings. The molecule has 0 spiro atoms. The minimum atomic E-state index is -0.499. The van der Waals surface area contributed by atoms with Crippen LogP contribution >= 0.6 is 0 Å². The molecule has 0 radical (unpaired) electrons. The van der Waals surface area contributed by atoms with E-state index in [1.165, 1.54) is 13.0 Å². The van der Waals surface area contributed by atoms with Gasteiger partial charge in [-0.25, -0.2) is 4.79 Å². The number of allylic oxidation sites excluding steroid dienone is 1. The molecular weight excluding hydrogens is 206 g/mol. The van der Waals surface area contributed by atoms with Gasteiger partial charge in [0.05, 0.1) is 0 Å². The summed E-state index contributed by atoms with van der Waals surface area (Å²) in [6.07, 6.45) is 1.81. The smallest absolute Gasteiger partial charge is 0.407 e. The third-order valence-electron chi connectivity index (χ3n) is 1.72. The second-order valence-electron chi connectivity index (χ2n) is 4.62. The summed E-state index contributed by atoms with van der Waals surface area (Å²) in [6, 6.07) is 0. The van der Waals surface area contributed by atoms with Crippen molar-refractivity contribution in [1.82, 2.24) is 5.32 Å². The molecule has 4 nitrogen and oxygen atoms in total. The normalized spacial score (nSPS) is 12.2. The van der Waals surface area contributed by atoms with Crippen molar-refractivity contribution in [2.45, 2.75) is 46.6 Å². The van der Waals surface area contributed by atoms with E-state index in [1.807, 2.05) is 6.92 Å².